The highest BCUT2D eigenvalue weighted by Crippen LogP contribution is 2.23. The van der Waals surface area contributed by atoms with Gasteiger partial charge in [-0.05, 0) is 44.6 Å². The van der Waals surface area contributed by atoms with Gasteiger partial charge in [0.2, 0.25) is 5.91 Å². The number of hydrogen-bond acceptors (Lipinski definition) is 4. The topological polar surface area (TPSA) is 87.5 Å². The van der Waals surface area contributed by atoms with Crippen molar-refractivity contribution in [1.82, 2.24) is 10.2 Å². The first-order chi connectivity index (χ1) is 11.8. The van der Waals surface area contributed by atoms with Crippen molar-refractivity contribution in [3.8, 4) is 0 Å². The van der Waals surface area contributed by atoms with Crippen LogP contribution in [0.15, 0.2) is 29.6 Å². The van der Waals surface area contributed by atoms with Gasteiger partial charge in [0.05, 0.1) is 6.04 Å². The highest BCUT2D eigenvalue weighted by Gasteiger charge is 2.17. The molecule has 0 aliphatic heterocycles. The number of anilines is 1. The lowest BCUT2D eigenvalue weighted by atomic mass is 10.1. The fraction of sp³-hybridized carbons (Fsp3) is 0.294. The molecule has 0 fully saturated rings. The van der Waals surface area contributed by atoms with Crippen molar-refractivity contribution in [2.45, 2.75) is 13.0 Å². The van der Waals surface area contributed by atoms with E-state index in [0.29, 0.717) is 6.54 Å². The third kappa shape index (κ3) is 4.77. The predicted molar refractivity (Wildman–Crippen MR) is 97.4 cm³/mol. The molecule has 2 rings (SSSR count). The summed E-state index contributed by atoms with van der Waals surface area (Å²) in [6.45, 7) is 1.90. The molecule has 1 unspecified atom stereocenters. The van der Waals surface area contributed by atoms with Crippen LogP contribution >= 0.6 is 11.3 Å². The first-order valence-corrected chi connectivity index (χ1v) is 8.52. The minimum absolute atomic E-state index is 0.00292. The number of thiophene rings is 1. The molecule has 0 bridgehead atoms. The van der Waals surface area contributed by atoms with Gasteiger partial charge in [-0.15, -0.1) is 11.3 Å². The molecule has 3 amide bonds. The number of urea groups is 1. The summed E-state index contributed by atoms with van der Waals surface area (Å²) in [6, 6.07) is 5.93. The number of likely N-dealkylation sites (N-methyl/N-ethyl adjacent to an activating group) is 1. The fourth-order valence-electron chi connectivity index (χ4n) is 2.33. The number of halogens is 1. The Morgan fingerprint density at radius 3 is 2.64 bits per heavy atom. The molecule has 6 nitrogen and oxygen atoms in total. The van der Waals surface area contributed by atoms with Gasteiger partial charge in [-0.2, -0.15) is 0 Å². The van der Waals surface area contributed by atoms with Crippen LogP contribution in [0, 0.1) is 12.7 Å². The summed E-state index contributed by atoms with van der Waals surface area (Å²) in [5.74, 6) is -1.36. The maximum Gasteiger partial charge on any atom is 0.319 e. The van der Waals surface area contributed by atoms with Crippen molar-refractivity contribution in [1.29, 1.82) is 0 Å². The summed E-state index contributed by atoms with van der Waals surface area (Å²) in [7, 11) is 3.86. The van der Waals surface area contributed by atoms with Crippen molar-refractivity contribution >= 4 is 29.0 Å². The lowest BCUT2D eigenvalue weighted by Crippen LogP contribution is -2.36. The summed E-state index contributed by atoms with van der Waals surface area (Å²) in [5.41, 5.74) is 5.63. The second kappa shape index (κ2) is 8.09. The molecule has 0 spiro atoms. The van der Waals surface area contributed by atoms with Crippen LogP contribution in [0.25, 0.3) is 0 Å². The molecule has 0 aliphatic rings. The Morgan fingerprint density at radius 2 is 2.08 bits per heavy atom. The molecule has 1 aromatic carbocycles. The minimum atomic E-state index is -0.757. The van der Waals surface area contributed by atoms with Crippen molar-refractivity contribution in [3.05, 3.63) is 51.5 Å². The molecule has 4 N–H and O–H groups in total. The molecular formula is C17H21FN4O2S. The molecule has 134 valence electrons. The number of amides is 3. The van der Waals surface area contributed by atoms with Gasteiger partial charge >= 0.3 is 6.03 Å². The molecule has 0 saturated heterocycles. The number of rotatable bonds is 6. The fourth-order valence-corrected chi connectivity index (χ4v) is 3.25. The molecule has 25 heavy (non-hydrogen) atoms. The zero-order valence-corrected chi connectivity index (χ0v) is 15.1. The highest BCUT2D eigenvalue weighted by atomic mass is 32.1. The second-order valence-corrected chi connectivity index (χ2v) is 6.80. The monoisotopic (exact) mass is 364 g/mol. The number of nitrogens with one attached hydrogen (secondary N) is 2. The third-order valence-corrected chi connectivity index (χ3v) is 4.80. The summed E-state index contributed by atoms with van der Waals surface area (Å²) in [5, 5.41) is 7.33. The summed E-state index contributed by atoms with van der Waals surface area (Å²) >= 11 is 1.61. The Morgan fingerprint density at radius 1 is 1.36 bits per heavy atom. The van der Waals surface area contributed by atoms with E-state index >= 15 is 0 Å². The van der Waals surface area contributed by atoms with E-state index in [9.17, 15) is 14.0 Å². The molecule has 8 heteroatoms. The Hall–Kier alpha value is -2.45. The number of hydrogen-bond donors (Lipinski definition) is 3. The average Bonchev–Trinajstić information content (AvgIpc) is 3.05. The van der Waals surface area contributed by atoms with E-state index in [1.807, 2.05) is 36.5 Å². The second-order valence-electron chi connectivity index (χ2n) is 5.82. The van der Waals surface area contributed by atoms with Gasteiger partial charge in [-0.25, -0.2) is 9.18 Å². The van der Waals surface area contributed by atoms with Crippen molar-refractivity contribution < 1.29 is 14.0 Å². The molecule has 1 aromatic heterocycles. The SMILES string of the molecule is Cc1c(F)cc(C(N)=O)cc1NC(=O)NCC(c1cccs1)N(C)C. The first-order valence-electron chi connectivity index (χ1n) is 7.64. The number of nitrogens with two attached hydrogens (primary N) is 1. The smallest absolute Gasteiger partial charge is 0.319 e. The summed E-state index contributed by atoms with van der Waals surface area (Å²) in [6.07, 6.45) is 0. The first kappa shape index (κ1) is 18.9. The standard InChI is InChI=1S/C17H21FN4O2S/c1-10-12(18)7-11(16(19)23)8-13(10)21-17(24)20-9-14(22(2)3)15-5-4-6-25-15/h4-8,14H,9H2,1-3H3,(H2,19,23)(H2,20,21,24). The largest absolute Gasteiger partial charge is 0.366 e. The lowest BCUT2D eigenvalue weighted by Gasteiger charge is -2.23. The van der Waals surface area contributed by atoms with E-state index in [4.69, 9.17) is 5.73 Å². The van der Waals surface area contributed by atoms with Crippen LogP contribution in [0.1, 0.15) is 26.8 Å². The number of nitrogens with zero attached hydrogens (tertiary/aromatic N) is 1. The van der Waals surface area contributed by atoms with E-state index in [2.05, 4.69) is 10.6 Å². The van der Waals surface area contributed by atoms with E-state index in [1.54, 1.807) is 11.3 Å². The minimum Gasteiger partial charge on any atom is -0.366 e. The third-order valence-electron chi connectivity index (χ3n) is 3.83. The van der Waals surface area contributed by atoms with E-state index in [-0.39, 0.29) is 22.9 Å². The van der Waals surface area contributed by atoms with Gasteiger partial charge in [0.1, 0.15) is 5.82 Å². The summed E-state index contributed by atoms with van der Waals surface area (Å²) in [4.78, 5) is 26.6. The van der Waals surface area contributed by atoms with Gasteiger partial charge < -0.3 is 21.3 Å². The molecule has 1 atom stereocenters. The zero-order chi connectivity index (χ0) is 18.6. The van der Waals surface area contributed by atoms with Gasteiger partial charge in [0.25, 0.3) is 0 Å². The maximum absolute atomic E-state index is 13.9. The van der Waals surface area contributed by atoms with Gasteiger partial charge in [0, 0.05) is 28.2 Å². The normalized spacial score (nSPS) is 12.0. The van der Waals surface area contributed by atoms with Gasteiger partial charge in [-0.1, -0.05) is 6.07 Å². The highest BCUT2D eigenvalue weighted by molar-refractivity contribution is 7.10. The Kier molecular flexibility index (Phi) is 6.11. The number of benzene rings is 1. The van der Waals surface area contributed by atoms with Crippen LogP contribution in [0.3, 0.4) is 0 Å². The molecule has 0 radical (unpaired) electrons. The Labute approximate surface area is 149 Å². The Bertz CT molecular complexity index is 762. The molecular weight excluding hydrogens is 343 g/mol. The number of carbonyl (C=O) groups is 2. The van der Waals surface area contributed by atoms with E-state index < -0.39 is 17.8 Å². The Balaban J connectivity index is 2.06. The van der Waals surface area contributed by atoms with Crippen molar-refractivity contribution in [3.63, 3.8) is 0 Å². The van der Waals surface area contributed by atoms with Gasteiger partial charge in [-0.3, -0.25) is 4.79 Å². The number of carbonyl (C=O) groups excluding carboxylic acids is 2. The quantitative estimate of drug-likeness (QED) is 0.736. The molecule has 0 saturated carbocycles. The maximum atomic E-state index is 13.9. The van der Waals surface area contributed by atoms with Crippen LogP contribution in [0.4, 0.5) is 14.9 Å². The van der Waals surface area contributed by atoms with Crippen molar-refractivity contribution in [2.24, 2.45) is 5.73 Å². The molecule has 2 aromatic rings. The van der Waals surface area contributed by atoms with E-state index in [0.717, 1.165) is 10.9 Å². The average molecular weight is 364 g/mol. The lowest BCUT2D eigenvalue weighted by molar-refractivity contribution is 0.1000. The predicted octanol–water partition coefficient (Wildman–Crippen LogP) is 2.72. The molecule has 0 aliphatic carbocycles. The zero-order valence-electron chi connectivity index (χ0n) is 14.3. The van der Waals surface area contributed by atoms with E-state index in [1.165, 1.54) is 13.0 Å². The number of primary amides is 1. The van der Waals surface area contributed by atoms with Crippen LogP contribution in [0.5, 0.6) is 0 Å². The molecule has 1 heterocycles. The summed E-state index contributed by atoms with van der Waals surface area (Å²) < 4.78 is 13.9. The van der Waals surface area contributed by atoms with Crippen LogP contribution in [-0.2, 0) is 0 Å². The van der Waals surface area contributed by atoms with Crippen molar-refractivity contribution in [2.75, 3.05) is 26.0 Å². The van der Waals surface area contributed by atoms with Crippen LogP contribution in [0.2, 0.25) is 0 Å². The van der Waals surface area contributed by atoms with Crippen LogP contribution < -0.4 is 16.4 Å². The van der Waals surface area contributed by atoms with Crippen LogP contribution in [-0.4, -0.2) is 37.5 Å². The van der Waals surface area contributed by atoms with Gasteiger partial charge in [0.15, 0.2) is 0 Å².